The first-order chi connectivity index (χ1) is 11.7. The molecule has 1 atom stereocenters. The van der Waals surface area contributed by atoms with Crippen molar-refractivity contribution in [2.45, 2.75) is 57.6 Å². The number of H-pyrrole nitrogens is 1. The normalized spacial score (nSPS) is 21.9. The van der Waals surface area contributed by atoms with Crippen LogP contribution in [0.3, 0.4) is 0 Å². The molecule has 0 radical (unpaired) electrons. The number of nitrogens with one attached hydrogen (secondary N) is 1. The van der Waals surface area contributed by atoms with Crippen LogP contribution in [0.25, 0.3) is 10.9 Å². The SMILES string of the molecule is C[C@@H]1c2[nH]c3ccccc3c2CCN1C(=O)COC1CCCCC1. The van der Waals surface area contributed by atoms with Crippen LogP contribution in [0.1, 0.15) is 56.3 Å². The van der Waals surface area contributed by atoms with Crippen LogP contribution in [0.15, 0.2) is 24.3 Å². The zero-order valence-electron chi connectivity index (χ0n) is 14.4. The lowest BCUT2D eigenvalue weighted by Crippen LogP contribution is -2.41. The predicted octanol–water partition coefficient (Wildman–Crippen LogP) is 3.96. The molecule has 0 bridgehead atoms. The third kappa shape index (κ3) is 2.84. The Balaban J connectivity index is 1.46. The zero-order valence-corrected chi connectivity index (χ0v) is 14.4. The van der Waals surface area contributed by atoms with Gasteiger partial charge < -0.3 is 14.6 Å². The standard InChI is InChI=1S/C20H26N2O2/c1-14-20-17(16-9-5-6-10-18(16)21-20)11-12-22(14)19(23)13-24-15-7-3-2-4-8-15/h5-6,9-10,14-15,21H,2-4,7-8,11-13H2,1H3/t14-/m1/s1. The van der Waals surface area contributed by atoms with Crippen molar-refractivity contribution in [3.63, 3.8) is 0 Å². The third-order valence-electron chi connectivity index (χ3n) is 5.65. The lowest BCUT2D eigenvalue weighted by atomic mass is 9.97. The van der Waals surface area contributed by atoms with Gasteiger partial charge in [0.25, 0.3) is 0 Å². The molecule has 1 N–H and O–H groups in total. The lowest BCUT2D eigenvalue weighted by Gasteiger charge is -2.34. The summed E-state index contributed by atoms with van der Waals surface area (Å²) in [4.78, 5) is 18.2. The van der Waals surface area contributed by atoms with Gasteiger partial charge >= 0.3 is 0 Å². The maximum atomic E-state index is 12.7. The molecule has 2 heterocycles. The molecular weight excluding hydrogens is 300 g/mol. The van der Waals surface area contributed by atoms with E-state index in [0.29, 0.717) is 0 Å². The van der Waals surface area contributed by atoms with E-state index in [1.54, 1.807) is 0 Å². The maximum absolute atomic E-state index is 12.7. The van der Waals surface area contributed by atoms with E-state index in [-0.39, 0.29) is 24.7 Å². The maximum Gasteiger partial charge on any atom is 0.249 e. The van der Waals surface area contributed by atoms with Crippen LogP contribution in [0.4, 0.5) is 0 Å². The van der Waals surface area contributed by atoms with Gasteiger partial charge in [-0.3, -0.25) is 4.79 Å². The highest BCUT2D eigenvalue weighted by molar-refractivity contribution is 5.86. The summed E-state index contributed by atoms with van der Waals surface area (Å²) < 4.78 is 5.89. The van der Waals surface area contributed by atoms with Gasteiger partial charge in [0.2, 0.25) is 5.91 Å². The van der Waals surface area contributed by atoms with E-state index < -0.39 is 0 Å². The summed E-state index contributed by atoms with van der Waals surface area (Å²) in [7, 11) is 0. The zero-order chi connectivity index (χ0) is 16.5. The summed E-state index contributed by atoms with van der Waals surface area (Å²) in [6, 6.07) is 8.50. The first-order valence-electron chi connectivity index (χ1n) is 9.24. The molecule has 4 nitrogen and oxygen atoms in total. The van der Waals surface area contributed by atoms with E-state index >= 15 is 0 Å². The first kappa shape index (κ1) is 15.7. The molecule has 4 heteroatoms. The highest BCUT2D eigenvalue weighted by Crippen LogP contribution is 2.34. The summed E-state index contributed by atoms with van der Waals surface area (Å²) in [6.45, 7) is 3.12. The molecule has 4 rings (SSSR count). The second-order valence-corrected chi connectivity index (χ2v) is 7.15. The minimum Gasteiger partial charge on any atom is -0.368 e. The van der Waals surface area contributed by atoms with Crippen molar-refractivity contribution in [2.24, 2.45) is 0 Å². The largest absolute Gasteiger partial charge is 0.368 e. The average molecular weight is 326 g/mol. The fourth-order valence-corrected chi connectivity index (χ4v) is 4.27. The van der Waals surface area contributed by atoms with Gasteiger partial charge in [-0.15, -0.1) is 0 Å². The molecule has 1 aliphatic carbocycles. The van der Waals surface area contributed by atoms with Crippen LogP contribution in [-0.4, -0.2) is 35.0 Å². The van der Waals surface area contributed by atoms with Crippen molar-refractivity contribution < 1.29 is 9.53 Å². The van der Waals surface area contributed by atoms with Crippen molar-refractivity contribution in [2.75, 3.05) is 13.2 Å². The van der Waals surface area contributed by atoms with E-state index in [9.17, 15) is 4.79 Å². The Labute approximate surface area is 143 Å². The van der Waals surface area contributed by atoms with E-state index in [4.69, 9.17) is 4.74 Å². The van der Waals surface area contributed by atoms with E-state index in [0.717, 1.165) is 25.8 Å². The van der Waals surface area contributed by atoms with Gasteiger partial charge in [-0.05, 0) is 37.8 Å². The molecular formula is C20H26N2O2. The van der Waals surface area contributed by atoms with Gasteiger partial charge in [-0.1, -0.05) is 37.5 Å². The van der Waals surface area contributed by atoms with Gasteiger partial charge in [0, 0.05) is 23.1 Å². The topological polar surface area (TPSA) is 45.3 Å². The Morgan fingerprint density at radius 1 is 1.25 bits per heavy atom. The van der Waals surface area contributed by atoms with Crippen LogP contribution in [0.5, 0.6) is 0 Å². The van der Waals surface area contributed by atoms with E-state index in [1.807, 2.05) is 4.90 Å². The van der Waals surface area contributed by atoms with Crippen molar-refractivity contribution in [3.05, 3.63) is 35.5 Å². The van der Waals surface area contributed by atoms with Gasteiger partial charge in [-0.25, -0.2) is 0 Å². The molecule has 1 aromatic carbocycles. The highest BCUT2D eigenvalue weighted by Gasteiger charge is 2.30. The first-order valence-corrected chi connectivity index (χ1v) is 9.24. The van der Waals surface area contributed by atoms with Crippen molar-refractivity contribution in [1.82, 2.24) is 9.88 Å². The Morgan fingerprint density at radius 2 is 2.04 bits per heavy atom. The van der Waals surface area contributed by atoms with Crippen LogP contribution >= 0.6 is 0 Å². The second kappa shape index (κ2) is 6.60. The highest BCUT2D eigenvalue weighted by atomic mass is 16.5. The van der Waals surface area contributed by atoms with Gasteiger partial charge in [0.05, 0.1) is 12.1 Å². The monoisotopic (exact) mass is 326 g/mol. The number of ether oxygens (including phenoxy) is 1. The third-order valence-corrected chi connectivity index (χ3v) is 5.65. The number of hydrogen-bond donors (Lipinski definition) is 1. The number of para-hydroxylation sites is 1. The molecule has 1 amide bonds. The quantitative estimate of drug-likeness (QED) is 0.928. The summed E-state index contributed by atoms with van der Waals surface area (Å²) in [5.74, 6) is 0.123. The Morgan fingerprint density at radius 3 is 2.88 bits per heavy atom. The van der Waals surface area contributed by atoms with Crippen molar-refractivity contribution in [1.29, 1.82) is 0 Å². The molecule has 1 aliphatic heterocycles. The smallest absolute Gasteiger partial charge is 0.249 e. The van der Waals surface area contributed by atoms with Crippen LogP contribution in [0.2, 0.25) is 0 Å². The fourth-order valence-electron chi connectivity index (χ4n) is 4.27. The fraction of sp³-hybridized carbons (Fsp3) is 0.550. The van der Waals surface area contributed by atoms with Crippen LogP contribution < -0.4 is 0 Å². The summed E-state index contributed by atoms with van der Waals surface area (Å²) in [5.41, 5.74) is 3.73. The van der Waals surface area contributed by atoms with Gasteiger partial charge in [0.15, 0.2) is 0 Å². The summed E-state index contributed by atoms with van der Waals surface area (Å²) >= 11 is 0. The molecule has 1 saturated carbocycles. The molecule has 1 fully saturated rings. The summed E-state index contributed by atoms with van der Waals surface area (Å²) in [5, 5.41) is 1.30. The predicted molar refractivity (Wildman–Crippen MR) is 95.0 cm³/mol. The number of aromatic amines is 1. The van der Waals surface area contributed by atoms with Crippen LogP contribution in [-0.2, 0) is 16.0 Å². The van der Waals surface area contributed by atoms with Crippen molar-refractivity contribution >= 4 is 16.8 Å². The number of nitrogens with zero attached hydrogens (tertiary/aromatic N) is 1. The number of fused-ring (bicyclic) bond motifs is 3. The number of rotatable bonds is 3. The van der Waals surface area contributed by atoms with Crippen LogP contribution in [0, 0.1) is 0 Å². The second-order valence-electron chi connectivity index (χ2n) is 7.15. The Hall–Kier alpha value is -1.81. The molecule has 2 aliphatic rings. The Kier molecular flexibility index (Phi) is 4.31. The van der Waals surface area contributed by atoms with Gasteiger partial charge in [-0.2, -0.15) is 0 Å². The molecule has 2 aromatic rings. The average Bonchev–Trinajstić information content (AvgIpc) is 3.01. The molecule has 128 valence electrons. The van der Waals surface area contributed by atoms with Crippen molar-refractivity contribution in [3.8, 4) is 0 Å². The molecule has 1 aromatic heterocycles. The molecule has 24 heavy (non-hydrogen) atoms. The molecule has 0 spiro atoms. The Bertz CT molecular complexity index is 730. The number of carbonyl (C=O) groups excluding carboxylic acids is 1. The number of hydrogen-bond acceptors (Lipinski definition) is 2. The molecule has 0 saturated heterocycles. The van der Waals surface area contributed by atoms with E-state index in [2.05, 4.69) is 36.2 Å². The number of amides is 1. The number of carbonyl (C=O) groups is 1. The summed E-state index contributed by atoms with van der Waals surface area (Å²) in [6.07, 6.45) is 7.18. The number of benzene rings is 1. The van der Waals surface area contributed by atoms with E-state index in [1.165, 1.54) is 41.4 Å². The lowest BCUT2D eigenvalue weighted by molar-refractivity contribution is -0.141. The minimum absolute atomic E-state index is 0.0867. The number of aromatic nitrogens is 1. The van der Waals surface area contributed by atoms with Gasteiger partial charge in [0.1, 0.15) is 6.61 Å². The minimum atomic E-state index is 0.0867. The molecule has 0 unspecified atom stereocenters.